The first-order valence-corrected chi connectivity index (χ1v) is 8.42. The molecule has 2 atom stereocenters. The molecule has 1 aromatic carbocycles. The molecule has 142 valence electrons. The average molecular weight is 419 g/mol. The van der Waals surface area contributed by atoms with Gasteiger partial charge < -0.3 is 15.8 Å². The zero-order chi connectivity index (χ0) is 16.9. The molecule has 0 spiro atoms. The molecular formula is C18H22Cl3N3O2. The van der Waals surface area contributed by atoms with Crippen molar-refractivity contribution in [2.75, 3.05) is 5.32 Å². The van der Waals surface area contributed by atoms with E-state index in [1.54, 1.807) is 42.7 Å². The Morgan fingerprint density at radius 3 is 2.58 bits per heavy atom. The summed E-state index contributed by atoms with van der Waals surface area (Å²) in [5, 5.41) is 3.31. The molecule has 8 heteroatoms. The number of nitrogens with two attached hydrogens (primary N) is 1. The quantitative estimate of drug-likeness (QED) is 0.729. The molecule has 1 saturated carbocycles. The van der Waals surface area contributed by atoms with Gasteiger partial charge in [-0.15, -0.1) is 24.8 Å². The van der Waals surface area contributed by atoms with Gasteiger partial charge in [-0.25, -0.2) is 0 Å². The number of hydrogen-bond donors (Lipinski definition) is 2. The molecule has 1 heterocycles. The number of pyridine rings is 1. The number of hydrogen-bond acceptors (Lipinski definition) is 4. The van der Waals surface area contributed by atoms with Crippen LogP contribution in [0.3, 0.4) is 0 Å². The van der Waals surface area contributed by atoms with E-state index in [9.17, 15) is 4.79 Å². The molecule has 0 saturated heterocycles. The van der Waals surface area contributed by atoms with Gasteiger partial charge in [0.15, 0.2) is 0 Å². The molecule has 0 aliphatic heterocycles. The number of carbonyl (C=O) groups is 1. The van der Waals surface area contributed by atoms with Crippen molar-refractivity contribution in [3.8, 4) is 11.5 Å². The summed E-state index contributed by atoms with van der Waals surface area (Å²) >= 11 is 6.24. The highest BCUT2D eigenvalue weighted by Gasteiger charge is 2.26. The molecule has 1 aliphatic carbocycles. The summed E-state index contributed by atoms with van der Waals surface area (Å²) in [6.07, 6.45) is 6.87. The van der Waals surface area contributed by atoms with E-state index >= 15 is 0 Å². The predicted octanol–water partition coefficient (Wildman–Crippen LogP) is 4.83. The number of carbonyl (C=O) groups excluding carboxylic acids is 1. The van der Waals surface area contributed by atoms with Crippen LogP contribution in [0.2, 0.25) is 5.02 Å². The zero-order valence-corrected chi connectivity index (χ0v) is 16.4. The van der Waals surface area contributed by atoms with E-state index in [1.807, 2.05) is 0 Å². The topological polar surface area (TPSA) is 77.2 Å². The van der Waals surface area contributed by atoms with Crippen molar-refractivity contribution in [2.24, 2.45) is 11.7 Å². The van der Waals surface area contributed by atoms with Crippen LogP contribution in [-0.2, 0) is 4.79 Å². The Hall–Kier alpha value is -1.53. The molecule has 0 bridgehead atoms. The summed E-state index contributed by atoms with van der Waals surface area (Å²) in [7, 11) is 0. The van der Waals surface area contributed by atoms with Crippen LogP contribution in [0.4, 0.5) is 5.69 Å². The molecular weight excluding hydrogens is 397 g/mol. The Morgan fingerprint density at radius 1 is 1.23 bits per heavy atom. The third-order valence-corrected chi connectivity index (χ3v) is 4.55. The first-order valence-electron chi connectivity index (χ1n) is 8.04. The molecule has 1 amide bonds. The highest BCUT2D eigenvalue weighted by molar-refractivity contribution is 6.32. The summed E-state index contributed by atoms with van der Waals surface area (Å²) in [5.41, 5.74) is 6.67. The van der Waals surface area contributed by atoms with E-state index in [4.69, 9.17) is 22.1 Å². The van der Waals surface area contributed by atoms with Crippen molar-refractivity contribution in [3.63, 3.8) is 0 Å². The zero-order valence-electron chi connectivity index (χ0n) is 14.1. The van der Waals surface area contributed by atoms with Gasteiger partial charge in [0.1, 0.15) is 11.5 Å². The second kappa shape index (κ2) is 10.6. The van der Waals surface area contributed by atoms with Crippen LogP contribution in [0.25, 0.3) is 0 Å². The summed E-state index contributed by atoms with van der Waals surface area (Å²) in [6.45, 7) is 0. The number of amides is 1. The van der Waals surface area contributed by atoms with Crippen LogP contribution in [0, 0.1) is 5.92 Å². The van der Waals surface area contributed by atoms with Crippen molar-refractivity contribution in [3.05, 3.63) is 47.7 Å². The second-order valence-electron chi connectivity index (χ2n) is 6.04. The van der Waals surface area contributed by atoms with Crippen LogP contribution in [0.1, 0.15) is 25.7 Å². The number of aromatic nitrogens is 1. The third kappa shape index (κ3) is 6.02. The van der Waals surface area contributed by atoms with Gasteiger partial charge in [-0.1, -0.05) is 18.0 Å². The Morgan fingerprint density at radius 2 is 1.96 bits per heavy atom. The maximum absolute atomic E-state index is 12.2. The molecule has 26 heavy (non-hydrogen) atoms. The molecule has 5 nitrogen and oxygen atoms in total. The maximum Gasteiger partial charge on any atom is 0.224 e. The Bertz CT molecular complexity index is 716. The van der Waals surface area contributed by atoms with Crippen molar-refractivity contribution < 1.29 is 9.53 Å². The van der Waals surface area contributed by atoms with Crippen molar-refractivity contribution in [1.29, 1.82) is 0 Å². The fourth-order valence-electron chi connectivity index (χ4n) is 2.96. The van der Waals surface area contributed by atoms with Crippen LogP contribution >= 0.6 is 36.4 Å². The van der Waals surface area contributed by atoms with Gasteiger partial charge in [-0.05, 0) is 49.1 Å². The SMILES string of the molecule is Cl.Cl.N[C@@H]1CCC[C@H]1CC(=O)Nc1ccc(Oc2ccncc2)c(Cl)c1. The smallest absolute Gasteiger partial charge is 0.224 e. The lowest BCUT2D eigenvalue weighted by atomic mass is 10.00. The van der Waals surface area contributed by atoms with E-state index in [0.29, 0.717) is 28.6 Å². The predicted molar refractivity (Wildman–Crippen MR) is 109 cm³/mol. The fourth-order valence-corrected chi connectivity index (χ4v) is 3.18. The molecule has 1 aromatic heterocycles. The van der Waals surface area contributed by atoms with E-state index < -0.39 is 0 Å². The number of nitrogens with zero attached hydrogens (tertiary/aromatic N) is 1. The van der Waals surface area contributed by atoms with Crippen LogP contribution in [-0.4, -0.2) is 16.9 Å². The van der Waals surface area contributed by atoms with E-state index in [0.717, 1.165) is 19.3 Å². The van der Waals surface area contributed by atoms with Gasteiger partial charge in [0.25, 0.3) is 0 Å². The number of rotatable bonds is 5. The van der Waals surface area contributed by atoms with Gasteiger partial charge in [-0.3, -0.25) is 9.78 Å². The standard InChI is InChI=1S/C18H20ClN3O2.2ClH/c19-15-11-13(22-18(23)10-12-2-1-3-16(12)20)4-5-17(15)24-14-6-8-21-9-7-14;;/h4-9,11-12,16H,1-3,10,20H2,(H,22,23);2*1H/t12-,16+;;/m0../s1. The van der Waals surface area contributed by atoms with Crippen molar-refractivity contribution >= 4 is 48.0 Å². The van der Waals surface area contributed by atoms with Gasteiger partial charge in [0, 0.05) is 30.5 Å². The van der Waals surface area contributed by atoms with E-state index in [2.05, 4.69) is 10.3 Å². The minimum absolute atomic E-state index is 0. The highest BCUT2D eigenvalue weighted by Crippen LogP contribution is 2.32. The summed E-state index contributed by atoms with van der Waals surface area (Å²) in [6, 6.07) is 8.82. The molecule has 3 N–H and O–H groups in total. The van der Waals surface area contributed by atoms with Crippen LogP contribution in [0.5, 0.6) is 11.5 Å². The summed E-state index contributed by atoms with van der Waals surface area (Å²) < 4.78 is 5.69. The minimum atomic E-state index is -0.0313. The van der Waals surface area contributed by atoms with Crippen molar-refractivity contribution in [1.82, 2.24) is 4.98 Å². The van der Waals surface area contributed by atoms with Crippen LogP contribution in [0.15, 0.2) is 42.7 Å². The van der Waals surface area contributed by atoms with E-state index in [-0.39, 0.29) is 42.7 Å². The molecule has 1 aliphatic rings. The fraction of sp³-hybridized carbons (Fsp3) is 0.333. The van der Waals surface area contributed by atoms with Gasteiger partial charge >= 0.3 is 0 Å². The largest absolute Gasteiger partial charge is 0.456 e. The minimum Gasteiger partial charge on any atom is -0.456 e. The first kappa shape index (κ1) is 22.5. The molecule has 0 radical (unpaired) electrons. The monoisotopic (exact) mass is 417 g/mol. The lowest BCUT2D eigenvalue weighted by molar-refractivity contribution is -0.117. The lowest BCUT2D eigenvalue weighted by Crippen LogP contribution is -2.28. The summed E-state index contributed by atoms with van der Waals surface area (Å²) in [4.78, 5) is 16.1. The average Bonchev–Trinajstić information content (AvgIpc) is 2.96. The number of ether oxygens (including phenoxy) is 1. The Labute approximate surface area is 170 Å². The molecule has 0 unspecified atom stereocenters. The van der Waals surface area contributed by atoms with Crippen molar-refractivity contribution in [2.45, 2.75) is 31.7 Å². The van der Waals surface area contributed by atoms with Gasteiger partial charge in [-0.2, -0.15) is 0 Å². The Balaban J connectivity index is 0.00000169. The normalized spacial score (nSPS) is 18.4. The van der Waals surface area contributed by atoms with Gasteiger partial charge in [0.05, 0.1) is 5.02 Å². The number of nitrogens with one attached hydrogen (secondary N) is 1. The highest BCUT2D eigenvalue weighted by atomic mass is 35.5. The van der Waals surface area contributed by atoms with Crippen LogP contribution < -0.4 is 15.8 Å². The molecule has 2 aromatic rings. The first-order chi connectivity index (χ1) is 11.6. The second-order valence-corrected chi connectivity index (χ2v) is 6.44. The number of benzene rings is 1. The molecule has 1 fully saturated rings. The number of halogens is 3. The maximum atomic E-state index is 12.2. The lowest BCUT2D eigenvalue weighted by Gasteiger charge is -2.15. The molecule has 3 rings (SSSR count). The van der Waals surface area contributed by atoms with Gasteiger partial charge in [0.2, 0.25) is 5.91 Å². The summed E-state index contributed by atoms with van der Waals surface area (Å²) in [5.74, 6) is 1.42. The van der Waals surface area contributed by atoms with E-state index in [1.165, 1.54) is 0 Å². The Kier molecular flexibility index (Phi) is 9.16. The third-order valence-electron chi connectivity index (χ3n) is 4.26. The number of anilines is 1.